The fourth-order valence-corrected chi connectivity index (χ4v) is 2.71. The van der Waals surface area contributed by atoms with Gasteiger partial charge in [-0.1, -0.05) is 55.5 Å². The average Bonchev–Trinajstić information content (AvgIpc) is 2.58. The lowest BCUT2D eigenvalue weighted by Crippen LogP contribution is -2.32. The molecule has 0 aliphatic rings. The van der Waals surface area contributed by atoms with E-state index in [0.717, 1.165) is 6.54 Å². The molecule has 1 aromatic heterocycles. The van der Waals surface area contributed by atoms with Gasteiger partial charge in [0, 0.05) is 6.54 Å². The van der Waals surface area contributed by atoms with Gasteiger partial charge in [-0.3, -0.25) is 9.69 Å². The minimum atomic E-state index is -0.109. The van der Waals surface area contributed by atoms with Crippen LogP contribution in [-0.4, -0.2) is 26.9 Å². The van der Waals surface area contributed by atoms with Crippen LogP contribution in [0.5, 0.6) is 0 Å². The van der Waals surface area contributed by atoms with E-state index in [4.69, 9.17) is 0 Å². The molecule has 0 radical (unpaired) electrons. The van der Waals surface area contributed by atoms with Gasteiger partial charge in [-0.25, -0.2) is 0 Å². The molecule has 0 fully saturated rings. The lowest BCUT2D eigenvalue weighted by Gasteiger charge is -2.17. The van der Waals surface area contributed by atoms with Crippen LogP contribution >= 0.6 is 0 Å². The Morgan fingerprint density at radius 3 is 2.50 bits per heavy atom. The zero-order valence-electron chi connectivity index (χ0n) is 14.3. The highest BCUT2D eigenvalue weighted by Crippen LogP contribution is 2.15. The summed E-state index contributed by atoms with van der Waals surface area (Å²) in [7, 11) is 1.97. The summed E-state index contributed by atoms with van der Waals surface area (Å²) in [5.74, 6) is 0.531. The van der Waals surface area contributed by atoms with E-state index >= 15 is 0 Å². The minimum Gasteiger partial charge on any atom is -0.283 e. The predicted octanol–water partition coefficient (Wildman–Crippen LogP) is 3.00. The molecule has 1 heterocycles. The molecular formula is C19H22N4O. The first kappa shape index (κ1) is 16.3. The summed E-state index contributed by atoms with van der Waals surface area (Å²) in [5.41, 5.74) is 3.06. The molecular weight excluding hydrogens is 300 g/mol. The standard InChI is InChI=1S/C19H22N4O/c1-14(2)16-10-8-15(9-11-16)12-22(3)13-23-19(24)17-6-4-5-7-18(17)20-21-23/h4-11,14H,12-13H2,1-3H3. The normalized spacial score (nSPS) is 11.5. The molecule has 0 amide bonds. The SMILES string of the molecule is CC(C)c1ccc(CN(C)Cn2nnc3ccccc3c2=O)cc1. The molecule has 0 N–H and O–H groups in total. The molecule has 2 aromatic carbocycles. The van der Waals surface area contributed by atoms with Gasteiger partial charge in [-0.2, -0.15) is 4.68 Å². The number of hydrogen-bond donors (Lipinski definition) is 0. The van der Waals surface area contributed by atoms with Crippen LogP contribution in [0.2, 0.25) is 0 Å². The van der Waals surface area contributed by atoms with E-state index in [1.54, 1.807) is 12.1 Å². The third kappa shape index (κ3) is 3.51. The summed E-state index contributed by atoms with van der Waals surface area (Å²) in [5, 5.41) is 8.76. The molecule has 0 saturated heterocycles. The van der Waals surface area contributed by atoms with Crippen LogP contribution in [0, 0.1) is 0 Å². The Morgan fingerprint density at radius 1 is 1.08 bits per heavy atom. The van der Waals surface area contributed by atoms with Crippen molar-refractivity contribution < 1.29 is 0 Å². The first-order valence-corrected chi connectivity index (χ1v) is 8.14. The minimum absolute atomic E-state index is 0.109. The molecule has 0 unspecified atom stereocenters. The van der Waals surface area contributed by atoms with Crippen LogP contribution in [0.25, 0.3) is 10.9 Å². The van der Waals surface area contributed by atoms with Gasteiger partial charge in [0.1, 0.15) is 5.52 Å². The quantitative estimate of drug-likeness (QED) is 0.724. The maximum Gasteiger partial charge on any atom is 0.278 e. The second-order valence-corrected chi connectivity index (χ2v) is 6.46. The van der Waals surface area contributed by atoms with Crippen LogP contribution < -0.4 is 5.56 Å². The van der Waals surface area contributed by atoms with Gasteiger partial charge in [0.2, 0.25) is 0 Å². The van der Waals surface area contributed by atoms with E-state index in [0.29, 0.717) is 23.5 Å². The molecule has 24 heavy (non-hydrogen) atoms. The second kappa shape index (κ2) is 6.93. The van der Waals surface area contributed by atoms with Gasteiger partial charge < -0.3 is 0 Å². The fraction of sp³-hybridized carbons (Fsp3) is 0.316. The first-order chi connectivity index (χ1) is 11.5. The molecule has 3 rings (SSSR count). The third-order valence-electron chi connectivity index (χ3n) is 4.10. The summed E-state index contributed by atoms with van der Waals surface area (Å²) in [6.45, 7) is 5.53. The summed E-state index contributed by atoms with van der Waals surface area (Å²) < 4.78 is 1.41. The Morgan fingerprint density at radius 2 is 1.79 bits per heavy atom. The van der Waals surface area contributed by atoms with Gasteiger partial charge in [0.15, 0.2) is 0 Å². The van der Waals surface area contributed by atoms with E-state index in [2.05, 4.69) is 53.3 Å². The van der Waals surface area contributed by atoms with Crippen molar-refractivity contribution in [1.82, 2.24) is 19.9 Å². The molecule has 3 aromatic rings. The summed E-state index contributed by atoms with van der Waals surface area (Å²) in [6, 6.07) is 15.9. The molecule has 0 saturated carbocycles. The monoisotopic (exact) mass is 322 g/mol. The molecule has 124 valence electrons. The van der Waals surface area contributed by atoms with Crippen LogP contribution in [0.1, 0.15) is 30.9 Å². The van der Waals surface area contributed by atoms with E-state index in [1.807, 2.05) is 19.2 Å². The molecule has 0 spiro atoms. The number of rotatable bonds is 5. The summed E-state index contributed by atoms with van der Waals surface area (Å²) in [4.78, 5) is 14.5. The zero-order chi connectivity index (χ0) is 17.1. The lowest BCUT2D eigenvalue weighted by atomic mass is 10.0. The number of nitrogens with zero attached hydrogens (tertiary/aromatic N) is 4. The topological polar surface area (TPSA) is 51.0 Å². The largest absolute Gasteiger partial charge is 0.283 e. The molecule has 5 nitrogen and oxygen atoms in total. The summed E-state index contributed by atoms with van der Waals surface area (Å²) >= 11 is 0. The smallest absolute Gasteiger partial charge is 0.278 e. The van der Waals surface area contributed by atoms with Gasteiger partial charge in [-0.15, -0.1) is 5.10 Å². The van der Waals surface area contributed by atoms with Crippen molar-refractivity contribution >= 4 is 10.9 Å². The van der Waals surface area contributed by atoms with E-state index in [-0.39, 0.29) is 5.56 Å². The Bertz CT molecular complexity index is 884. The predicted molar refractivity (Wildman–Crippen MR) is 95.8 cm³/mol. The van der Waals surface area contributed by atoms with Crippen LogP contribution in [0.3, 0.4) is 0 Å². The van der Waals surface area contributed by atoms with Crippen molar-refractivity contribution in [2.45, 2.75) is 33.0 Å². The maximum absolute atomic E-state index is 12.5. The van der Waals surface area contributed by atoms with Crippen molar-refractivity contribution in [3.05, 3.63) is 70.0 Å². The Balaban J connectivity index is 1.74. The lowest BCUT2D eigenvalue weighted by molar-refractivity contribution is 0.236. The first-order valence-electron chi connectivity index (χ1n) is 8.14. The molecule has 0 aliphatic carbocycles. The maximum atomic E-state index is 12.5. The van der Waals surface area contributed by atoms with Gasteiger partial charge >= 0.3 is 0 Å². The number of hydrogen-bond acceptors (Lipinski definition) is 4. The van der Waals surface area contributed by atoms with Gasteiger partial charge in [0.05, 0.1) is 12.1 Å². The van der Waals surface area contributed by atoms with E-state index in [1.165, 1.54) is 15.8 Å². The van der Waals surface area contributed by atoms with Crippen molar-refractivity contribution in [3.63, 3.8) is 0 Å². The van der Waals surface area contributed by atoms with Gasteiger partial charge in [-0.05, 0) is 36.2 Å². The molecule has 0 aliphatic heterocycles. The highest BCUT2D eigenvalue weighted by Gasteiger charge is 2.08. The van der Waals surface area contributed by atoms with Crippen LogP contribution in [-0.2, 0) is 13.2 Å². The van der Waals surface area contributed by atoms with Crippen molar-refractivity contribution in [3.8, 4) is 0 Å². The Hall–Kier alpha value is -2.53. The number of fused-ring (bicyclic) bond motifs is 1. The fourth-order valence-electron chi connectivity index (χ4n) is 2.71. The van der Waals surface area contributed by atoms with Crippen LogP contribution in [0.15, 0.2) is 53.3 Å². The highest BCUT2D eigenvalue weighted by molar-refractivity contribution is 5.76. The number of benzene rings is 2. The zero-order valence-corrected chi connectivity index (χ0v) is 14.3. The molecule has 0 bridgehead atoms. The van der Waals surface area contributed by atoms with Gasteiger partial charge in [0.25, 0.3) is 5.56 Å². The van der Waals surface area contributed by atoms with Crippen molar-refractivity contribution in [2.75, 3.05) is 7.05 Å². The number of aromatic nitrogens is 3. The average molecular weight is 322 g/mol. The Labute approximate surface area is 141 Å². The van der Waals surface area contributed by atoms with E-state index < -0.39 is 0 Å². The molecule has 5 heteroatoms. The Kier molecular flexibility index (Phi) is 4.71. The van der Waals surface area contributed by atoms with Crippen LogP contribution in [0.4, 0.5) is 0 Å². The van der Waals surface area contributed by atoms with E-state index in [9.17, 15) is 4.79 Å². The van der Waals surface area contributed by atoms with Crippen molar-refractivity contribution in [1.29, 1.82) is 0 Å². The third-order valence-corrected chi connectivity index (χ3v) is 4.10. The highest BCUT2D eigenvalue weighted by atomic mass is 16.1. The summed E-state index contributed by atoms with van der Waals surface area (Å²) in [6.07, 6.45) is 0. The molecule has 0 atom stereocenters. The second-order valence-electron chi connectivity index (χ2n) is 6.46. The van der Waals surface area contributed by atoms with Crippen molar-refractivity contribution in [2.24, 2.45) is 0 Å².